The molecule has 2 unspecified atom stereocenters. The van der Waals surface area contributed by atoms with Crippen molar-refractivity contribution in [2.24, 2.45) is 0 Å². The van der Waals surface area contributed by atoms with Crippen molar-refractivity contribution in [2.45, 2.75) is 37.3 Å². The molecule has 28 heavy (non-hydrogen) atoms. The predicted molar refractivity (Wildman–Crippen MR) is 94.5 cm³/mol. The van der Waals surface area contributed by atoms with Crippen LogP contribution in [-0.2, 0) is 23.2 Å². The normalized spacial score (nSPS) is 21.9. The molecule has 0 aliphatic heterocycles. The number of nitrogens with one attached hydrogen (secondary N) is 1. The minimum Gasteiger partial charge on any atom is -0.387 e. The minimum absolute atomic E-state index is 0.00424. The lowest BCUT2D eigenvalue weighted by Crippen LogP contribution is -2.44. The fraction of sp³-hybridized carbons (Fsp3) is 0.333. The van der Waals surface area contributed by atoms with Gasteiger partial charge in [-0.15, -0.1) is 0 Å². The Labute approximate surface area is 167 Å². The number of aliphatic hydroxyl groups excluding tert-OH is 1. The number of fused-ring (bicyclic) bond motifs is 1. The zero-order valence-electron chi connectivity index (χ0n) is 14.2. The summed E-state index contributed by atoms with van der Waals surface area (Å²) in [7, 11) is 0. The fourth-order valence-electron chi connectivity index (χ4n) is 3.11. The number of carbonyl (C=O) groups is 1. The molecule has 1 amide bonds. The van der Waals surface area contributed by atoms with Crippen LogP contribution >= 0.6 is 23.2 Å². The molecule has 1 aliphatic carbocycles. The number of benzene rings is 1. The molecule has 0 radical (unpaired) electrons. The van der Waals surface area contributed by atoms with E-state index in [1.807, 2.05) is 0 Å². The van der Waals surface area contributed by atoms with E-state index in [1.54, 1.807) is 0 Å². The average Bonchev–Trinajstić information content (AvgIpc) is 2.63. The molecule has 1 aromatic heterocycles. The molecule has 0 saturated heterocycles. The van der Waals surface area contributed by atoms with Crippen LogP contribution in [0, 0.1) is 0 Å². The highest BCUT2D eigenvalue weighted by Crippen LogP contribution is 2.42. The van der Waals surface area contributed by atoms with Crippen molar-refractivity contribution in [1.29, 1.82) is 0 Å². The molecule has 0 fully saturated rings. The minimum atomic E-state index is -4.63. The first-order valence-corrected chi connectivity index (χ1v) is 8.95. The molecule has 2 aromatic rings. The summed E-state index contributed by atoms with van der Waals surface area (Å²) in [5.41, 5.74) is -3.39. The molecule has 1 aliphatic rings. The van der Waals surface area contributed by atoms with Crippen LogP contribution in [0.3, 0.4) is 0 Å². The van der Waals surface area contributed by atoms with E-state index in [9.17, 15) is 23.1 Å². The third-order valence-electron chi connectivity index (χ3n) is 4.60. The van der Waals surface area contributed by atoms with Gasteiger partial charge in [0.2, 0.25) is 5.67 Å². The molecule has 150 valence electrons. The van der Waals surface area contributed by atoms with E-state index in [0.29, 0.717) is 12.1 Å². The van der Waals surface area contributed by atoms with Crippen molar-refractivity contribution in [3.63, 3.8) is 0 Å². The lowest BCUT2D eigenvalue weighted by molar-refractivity contribution is -0.138. The van der Waals surface area contributed by atoms with E-state index in [0.717, 1.165) is 0 Å². The number of hydrogen-bond acceptors (Lipinski definition) is 3. The number of nitrogens with zero attached hydrogens (tertiary/aromatic N) is 1. The largest absolute Gasteiger partial charge is 0.416 e. The van der Waals surface area contributed by atoms with Crippen molar-refractivity contribution >= 4 is 29.1 Å². The van der Waals surface area contributed by atoms with E-state index in [1.165, 1.54) is 18.3 Å². The summed E-state index contributed by atoms with van der Waals surface area (Å²) in [5, 5.41) is 11.7. The Morgan fingerprint density at radius 2 is 1.96 bits per heavy atom. The van der Waals surface area contributed by atoms with Crippen LogP contribution in [0.15, 0.2) is 30.5 Å². The monoisotopic (exact) mass is 436 g/mol. The van der Waals surface area contributed by atoms with E-state index in [4.69, 9.17) is 23.2 Å². The molecule has 10 heteroatoms. The van der Waals surface area contributed by atoms with Gasteiger partial charge in [-0.25, -0.2) is 4.39 Å². The van der Waals surface area contributed by atoms with Gasteiger partial charge in [-0.05, 0) is 31.0 Å². The third-order valence-corrected chi connectivity index (χ3v) is 5.27. The maximum absolute atomic E-state index is 15.5. The average molecular weight is 437 g/mol. The summed E-state index contributed by atoms with van der Waals surface area (Å²) in [6, 6.07) is 4.19. The van der Waals surface area contributed by atoms with Gasteiger partial charge < -0.3 is 10.4 Å². The Hall–Kier alpha value is -1.90. The second-order valence-electron chi connectivity index (χ2n) is 6.39. The van der Waals surface area contributed by atoms with Crippen LogP contribution in [0.25, 0.3) is 0 Å². The first-order chi connectivity index (χ1) is 13.0. The summed E-state index contributed by atoms with van der Waals surface area (Å²) in [6.45, 7) is -0.363. The lowest BCUT2D eigenvalue weighted by Gasteiger charge is -2.32. The highest BCUT2D eigenvalue weighted by Gasteiger charge is 2.46. The van der Waals surface area contributed by atoms with Crippen LogP contribution in [-0.4, -0.2) is 16.0 Å². The lowest BCUT2D eigenvalue weighted by atomic mass is 9.81. The van der Waals surface area contributed by atoms with Gasteiger partial charge in [0, 0.05) is 33.9 Å². The number of alkyl halides is 4. The van der Waals surface area contributed by atoms with Gasteiger partial charge in [0.1, 0.15) is 0 Å². The molecule has 3 rings (SSSR count). The topological polar surface area (TPSA) is 62.2 Å². The van der Waals surface area contributed by atoms with Crippen LogP contribution in [0.2, 0.25) is 10.0 Å². The molecular weight excluding hydrogens is 423 g/mol. The van der Waals surface area contributed by atoms with Gasteiger partial charge in [0.15, 0.2) is 0 Å². The highest BCUT2D eigenvalue weighted by molar-refractivity contribution is 6.36. The maximum atomic E-state index is 15.5. The Kier molecular flexibility index (Phi) is 5.58. The van der Waals surface area contributed by atoms with E-state index >= 15 is 4.39 Å². The van der Waals surface area contributed by atoms with Crippen molar-refractivity contribution in [3.8, 4) is 0 Å². The predicted octanol–water partition coefficient (Wildman–Crippen LogP) is 4.72. The smallest absolute Gasteiger partial charge is 0.387 e. The van der Waals surface area contributed by atoms with E-state index in [2.05, 4.69) is 10.3 Å². The number of amides is 1. The molecule has 0 spiro atoms. The highest BCUT2D eigenvalue weighted by atomic mass is 35.5. The van der Waals surface area contributed by atoms with E-state index < -0.39 is 29.4 Å². The zero-order valence-corrected chi connectivity index (χ0v) is 15.7. The first kappa shape index (κ1) is 20.8. The van der Waals surface area contributed by atoms with Gasteiger partial charge in [0.25, 0.3) is 5.91 Å². The molecule has 1 aromatic carbocycles. The number of carbonyl (C=O) groups excluding carboxylic acids is 1. The first-order valence-electron chi connectivity index (χ1n) is 8.20. The van der Waals surface area contributed by atoms with Crippen LogP contribution in [0.5, 0.6) is 0 Å². The molecule has 4 nitrogen and oxygen atoms in total. The van der Waals surface area contributed by atoms with E-state index in [-0.39, 0.29) is 46.3 Å². The second-order valence-corrected chi connectivity index (χ2v) is 7.21. The molecule has 1 heterocycles. The number of aromatic nitrogens is 1. The number of aliphatic hydroxyl groups is 1. The van der Waals surface area contributed by atoms with Crippen molar-refractivity contribution < 1.29 is 27.5 Å². The zero-order chi connectivity index (χ0) is 20.7. The maximum Gasteiger partial charge on any atom is 0.416 e. The number of rotatable bonds is 3. The molecule has 2 atom stereocenters. The quantitative estimate of drug-likeness (QED) is 0.684. The van der Waals surface area contributed by atoms with Gasteiger partial charge >= 0.3 is 6.18 Å². The Morgan fingerprint density at radius 1 is 1.32 bits per heavy atom. The van der Waals surface area contributed by atoms with Crippen molar-refractivity contribution in [1.82, 2.24) is 10.3 Å². The second kappa shape index (κ2) is 7.50. The summed E-state index contributed by atoms with van der Waals surface area (Å²) >= 11 is 11.7. The van der Waals surface area contributed by atoms with Crippen molar-refractivity contribution in [3.05, 3.63) is 62.9 Å². The Morgan fingerprint density at radius 3 is 2.57 bits per heavy atom. The number of hydrogen-bond donors (Lipinski definition) is 2. The van der Waals surface area contributed by atoms with Crippen molar-refractivity contribution in [2.75, 3.05) is 0 Å². The Balaban J connectivity index is 1.83. The Bertz CT molecular complexity index is 900. The number of halogens is 6. The summed E-state index contributed by atoms with van der Waals surface area (Å²) in [5.74, 6) is -1.01. The summed E-state index contributed by atoms with van der Waals surface area (Å²) in [6.07, 6.45) is -4.50. The fourth-order valence-corrected chi connectivity index (χ4v) is 3.73. The molecular formula is C18H14Cl2F4N2O2. The summed E-state index contributed by atoms with van der Waals surface area (Å²) in [4.78, 5) is 16.5. The van der Waals surface area contributed by atoms with Gasteiger partial charge in [0.05, 0.1) is 17.4 Å². The third kappa shape index (κ3) is 3.81. The van der Waals surface area contributed by atoms with Gasteiger partial charge in [-0.2, -0.15) is 13.2 Å². The van der Waals surface area contributed by atoms with Crippen LogP contribution in [0.1, 0.15) is 41.3 Å². The van der Waals surface area contributed by atoms with Gasteiger partial charge in [-0.1, -0.05) is 29.3 Å². The molecule has 0 bridgehead atoms. The molecule has 0 saturated carbocycles. The summed E-state index contributed by atoms with van der Waals surface area (Å²) < 4.78 is 53.9. The standard InChI is InChI=1S/C18H14Cl2F4N2O2/c19-12-6-9(18(22,23)24)7-13(20)10(12)8-26-16(28)17(21)4-3-14(27)15-11(17)2-1-5-25-15/h1-2,5-7,14,27H,3-4,8H2,(H,26,28). The number of pyridine rings is 1. The SMILES string of the molecule is O=C(NCc1c(Cl)cc(C(F)(F)F)cc1Cl)C1(F)CCC(O)c2ncccc21. The van der Waals surface area contributed by atoms with Gasteiger partial charge in [-0.3, -0.25) is 9.78 Å². The van der Waals surface area contributed by atoms with Crippen LogP contribution < -0.4 is 5.32 Å². The van der Waals surface area contributed by atoms with Crippen LogP contribution in [0.4, 0.5) is 17.6 Å². The molecule has 2 N–H and O–H groups in total.